The molecule has 21 heavy (non-hydrogen) atoms. The minimum Gasteiger partial charge on any atom is -0.377 e. The molecule has 2 atom stereocenters. The normalized spacial score (nSPS) is 21.4. The smallest absolute Gasteiger partial charge is 0.287 e. The van der Waals surface area contributed by atoms with Gasteiger partial charge in [0.05, 0.1) is 17.9 Å². The molecular formula is C15H16ClN3O2. The zero-order valence-electron chi connectivity index (χ0n) is 11.6. The van der Waals surface area contributed by atoms with Gasteiger partial charge in [-0.05, 0) is 12.0 Å². The number of ether oxygens (including phenoxy) is 1. The third-order valence-electron chi connectivity index (χ3n) is 3.64. The number of aryl methyl sites for hydroxylation is 1. The lowest BCUT2D eigenvalue weighted by Gasteiger charge is -2.21. The molecule has 1 aromatic carbocycles. The Labute approximate surface area is 127 Å². The summed E-state index contributed by atoms with van der Waals surface area (Å²) in [5.41, 5.74) is 1.36. The van der Waals surface area contributed by atoms with Gasteiger partial charge in [-0.25, -0.2) is 4.68 Å². The van der Waals surface area contributed by atoms with Crippen LogP contribution in [0.25, 0.3) is 0 Å². The molecule has 0 aliphatic carbocycles. The molecule has 1 fully saturated rings. The summed E-state index contributed by atoms with van der Waals surface area (Å²) < 4.78 is 7.02. The van der Waals surface area contributed by atoms with Crippen LogP contribution < -0.4 is 10.9 Å². The highest BCUT2D eigenvalue weighted by molar-refractivity contribution is 6.32. The first kappa shape index (κ1) is 14.1. The van der Waals surface area contributed by atoms with Crippen LogP contribution >= 0.6 is 11.6 Å². The summed E-state index contributed by atoms with van der Waals surface area (Å²) in [6.07, 6.45) is 2.38. The van der Waals surface area contributed by atoms with Gasteiger partial charge in [-0.1, -0.05) is 41.9 Å². The Balaban J connectivity index is 1.84. The molecule has 2 heterocycles. The molecular weight excluding hydrogens is 290 g/mol. The molecule has 1 aliphatic rings. The van der Waals surface area contributed by atoms with E-state index in [1.165, 1.54) is 4.68 Å². The molecule has 2 aromatic rings. The summed E-state index contributed by atoms with van der Waals surface area (Å²) in [6.45, 7) is 0.674. The summed E-state index contributed by atoms with van der Waals surface area (Å²) in [4.78, 5) is 11.8. The number of hydrogen-bond acceptors (Lipinski definition) is 4. The largest absolute Gasteiger partial charge is 0.377 e. The van der Waals surface area contributed by atoms with E-state index in [9.17, 15) is 4.79 Å². The maximum atomic E-state index is 11.8. The summed E-state index contributed by atoms with van der Waals surface area (Å²) >= 11 is 6.09. The van der Waals surface area contributed by atoms with E-state index in [0.717, 1.165) is 12.0 Å². The molecule has 0 unspecified atom stereocenters. The fourth-order valence-corrected chi connectivity index (χ4v) is 2.75. The van der Waals surface area contributed by atoms with E-state index in [4.69, 9.17) is 16.3 Å². The van der Waals surface area contributed by atoms with Crippen LogP contribution in [0.2, 0.25) is 5.02 Å². The van der Waals surface area contributed by atoms with E-state index in [-0.39, 0.29) is 22.7 Å². The molecule has 1 N–H and O–H groups in total. The van der Waals surface area contributed by atoms with Gasteiger partial charge in [0.1, 0.15) is 11.1 Å². The number of aromatic nitrogens is 2. The van der Waals surface area contributed by atoms with Gasteiger partial charge < -0.3 is 10.1 Å². The lowest BCUT2D eigenvalue weighted by atomic mass is 10.0. The van der Waals surface area contributed by atoms with Gasteiger partial charge in [-0.15, -0.1) is 0 Å². The number of halogens is 1. The zero-order valence-corrected chi connectivity index (χ0v) is 12.4. The van der Waals surface area contributed by atoms with Crippen LogP contribution in [0.1, 0.15) is 18.1 Å². The highest BCUT2D eigenvalue weighted by atomic mass is 35.5. The maximum Gasteiger partial charge on any atom is 0.287 e. The number of hydrogen-bond donors (Lipinski definition) is 1. The monoisotopic (exact) mass is 305 g/mol. The summed E-state index contributed by atoms with van der Waals surface area (Å²) in [5.74, 6) is 0. The fourth-order valence-electron chi connectivity index (χ4n) is 2.52. The van der Waals surface area contributed by atoms with Gasteiger partial charge in [0.25, 0.3) is 5.56 Å². The molecule has 1 saturated heterocycles. The van der Waals surface area contributed by atoms with Gasteiger partial charge in [0, 0.05) is 13.7 Å². The molecule has 6 heteroatoms. The number of nitrogens with one attached hydrogen (secondary N) is 1. The van der Waals surface area contributed by atoms with Crippen molar-refractivity contribution in [3.05, 3.63) is 57.5 Å². The first-order valence-corrected chi connectivity index (χ1v) is 7.19. The summed E-state index contributed by atoms with van der Waals surface area (Å²) in [6, 6.07) is 10.1. The SMILES string of the molecule is Cn1ncc(N[C@@H]2CCO[C@@H]2c2ccccc2)c(Cl)c1=O. The molecule has 110 valence electrons. The Hall–Kier alpha value is -1.85. The minimum atomic E-state index is -0.308. The van der Waals surface area contributed by atoms with Gasteiger partial charge in [0.15, 0.2) is 0 Å². The Morgan fingerprint density at radius 3 is 2.90 bits per heavy atom. The van der Waals surface area contributed by atoms with Crippen molar-refractivity contribution in [2.75, 3.05) is 11.9 Å². The van der Waals surface area contributed by atoms with Crippen molar-refractivity contribution in [1.29, 1.82) is 0 Å². The second-order valence-electron chi connectivity index (χ2n) is 5.04. The standard InChI is InChI=1S/C15H16ClN3O2/c1-19-15(20)13(16)12(9-17-19)18-11-7-8-21-14(11)10-5-3-2-4-6-10/h2-6,9,11,14,18H,7-8H2,1H3/t11-,14-/m1/s1. The first-order chi connectivity index (χ1) is 10.2. The van der Waals surface area contributed by atoms with E-state index < -0.39 is 0 Å². The molecule has 0 amide bonds. The predicted octanol–water partition coefficient (Wildman–Crippen LogP) is 2.38. The second-order valence-corrected chi connectivity index (χ2v) is 5.42. The van der Waals surface area contributed by atoms with E-state index >= 15 is 0 Å². The van der Waals surface area contributed by atoms with Crippen LogP contribution in [-0.4, -0.2) is 22.4 Å². The van der Waals surface area contributed by atoms with Crippen molar-refractivity contribution >= 4 is 17.3 Å². The molecule has 5 nitrogen and oxygen atoms in total. The molecule has 0 saturated carbocycles. The number of anilines is 1. The predicted molar refractivity (Wildman–Crippen MR) is 81.7 cm³/mol. The molecule has 0 radical (unpaired) electrons. The van der Waals surface area contributed by atoms with Crippen LogP contribution in [0.15, 0.2) is 41.3 Å². The Kier molecular flexibility index (Phi) is 3.94. The maximum absolute atomic E-state index is 11.8. The Morgan fingerprint density at radius 2 is 2.14 bits per heavy atom. The summed E-state index contributed by atoms with van der Waals surface area (Å²) in [5, 5.41) is 7.45. The van der Waals surface area contributed by atoms with E-state index in [0.29, 0.717) is 12.3 Å². The lowest BCUT2D eigenvalue weighted by molar-refractivity contribution is 0.107. The van der Waals surface area contributed by atoms with Crippen LogP contribution in [0, 0.1) is 0 Å². The Morgan fingerprint density at radius 1 is 1.38 bits per heavy atom. The van der Waals surface area contributed by atoms with E-state index in [1.807, 2.05) is 30.3 Å². The molecule has 0 bridgehead atoms. The average Bonchev–Trinajstić information content (AvgIpc) is 2.97. The quantitative estimate of drug-likeness (QED) is 0.946. The van der Waals surface area contributed by atoms with Gasteiger partial charge in [-0.3, -0.25) is 4.79 Å². The molecule has 1 aliphatic heterocycles. The molecule has 1 aromatic heterocycles. The number of benzene rings is 1. The minimum absolute atomic E-state index is 0.0497. The van der Waals surface area contributed by atoms with Crippen molar-refractivity contribution in [1.82, 2.24) is 9.78 Å². The highest BCUT2D eigenvalue weighted by Crippen LogP contribution is 2.32. The van der Waals surface area contributed by atoms with Crippen LogP contribution in [0.5, 0.6) is 0 Å². The van der Waals surface area contributed by atoms with Crippen LogP contribution in [0.4, 0.5) is 5.69 Å². The highest BCUT2D eigenvalue weighted by Gasteiger charge is 2.30. The van der Waals surface area contributed by atoms with Crippen LogP contribution in [-0.2, 0) is 11.8 Å². The van der Waals surface area contributed by atoms with E-state index in [2.05, 4.69) is 10.4 Å². The first-order valence-electron chi connectivity index (χ1n) is 6.81. The third kappa shape index (κ3) is 2.80. The van der Waals surface area contributed by atoms with E-state index in [1.54, 1.807) is 13.2 Å². The summed E-state index contributed by atoms with van der Waals surface area (Å²) in [7, 11) is 1.57. The fraction of sp³-hybridized carbons (Fsp3) is 0.333. The van der Waals surface area contributed by atoms with Crippen molar-refractivity contribution in [2.24, 2.45) is 7.05 Å². The van der Waals surface area contributed by atoms with Crippen molar-refractivity contribution in [3.63, 3.8) is 0 Å². The molecule has 0 spiro atoms. The topological polar surface area (TPSA) is 56.1 Å². The van der Waals surface area contributed by atoms with Crippen molar-refractivity contribution in [3.8, 4) is 0 Å². The second kappa shape index (κ2) is 5.87. The number of nitrogens with zero attached hydrogens (tertiary/aromatic N) is 2. The van der Waals surface area contributed by atoms with Crippen LogP contribution in [0.3, 0.4) is 0 Å². The van der Waals surface area contributed by atoms with Gasteiger partial charge in [0.2, 0.25) is 0 Å². The third-order valence-corrected chi connectivity index (χ3v) is 4.00. The number of rotatable bonds is 3. The zero-order chi connectivity index (χ0) is 14.8. The van der Waals surface area contributed by atoms with Crippen molar-refractivity contribution in [2.45, 2.75) is 18.6 Å². The average molecular weight is 306 g/mol. The van der Waals surface area contributed by atoms with Gasteiger partial charge in [-0.2, -0.15) is 5.10 Å². The van der Waals surface area contributed by atoms with Gasteiger partial charge >= 0.3 is 0 Å². The Bertz CT molecular complexity index is 687. The van der Waals surface area contributed by atoms with Crippen molar-refractivity contribution < 1.29 is 4.74 Å². The lowest BCUT2D eigenvalue weighted by Crippen LogP contribution is -2.27. The molecule has 3 rings (SSSR count).